The van der Waals surface area contributed by atoms with Gasteiger partial charge in [0.15, 0.2) is 0 Å². The second-order valence-corrected chi connectivity index (χ2v) is 13.7. The number of unbranched alkanes of at least 4 members (excludes halogenated alkanes) is 2. The molecule has 2 aromatic rings. The van der Waals surface area contributed by atoms with Gasteiger partial charge in [-0.2, -0.15) is 12.6 Å². The summed E-state index contributed by atoms with van der Waals surface area (Å²) in [4.78, 5) is 7.02. The van der Waals surface area contributed by atoms with Gasteiger partial charge in [0.1, 0.15) is 11.6 Å². The van der Waals surface area contributed by atoms with E-state index in [9.17, 15) is 4.39 Å². The molecular formula is C40H66FN3S. The first-order chi connectivity index (χ1) is 21.4. The summed E-state index contributed by atoms with van der Waals surface area (Å²) in [5, 5.41) is 3.41. The average Bonchev–Trinajstić information content (AvgIpc) is 3.02. The minimum Gasteiger partial charge on any atom is -0.378 e. The maximum atomic E-state index is 12.5. The van der Waals surface area contributed by atoms with E-state index in [2.05, 4.69) is 96.4 Å². The molecule has 2 heterocycles. The predicted molar refractivity (Wildman–Crippen MR) is 204 cm³/mol. The van der Waals surface area contributed by atoms with Gasteiger partial charge in [0.25, 0.3) is 0 Å². The van der Waals surface area contributed by atoms with E-state index in [-0.39, 0.29) is 10.6 Å². The van der Waals surface area contributed by atoms with Crippen LogP contribution in [-0.4, -0.2) is 34.8 Å². The molecule has 1 aromatic carbocycles. The molecule has 1 N–H and O–H groups in total. The van der Waals surface area contributed by atoms with Crippen LogP contribution >= 0.6 is 12.6 Å². The number of benzene rings is 1. The maximum absolute atomic E-state index is 12.5. The predicted octanol–water partition coefficient (Wildman–Crippen LogP) is 12.0. The van der Waals surface area contributed by atoms with Crippen LogP contribution in [0.5, 0.6) is 0 Å². The van der Waals surface area contributed by atoms with Crippen molar-refractivity contribution >= 4 is 24.5 Å². The second-order valence-electron chi connectivity index (χ2n) is 12.7. The summed E-state index contributed by atoms with van der Waals surface area (Å²) in [6.07, 6.45) is 14.5. The zero-order chi connectivity index (χ0) is 34.3. The van der Waals surface area contributed by atoms with Crippen molar-refractivity contribution in [2.45, 2.75) is 124 Å². The molecule has 1 aromatic heterocycles. The van der Waals surface area contributed by atoms with Gasteiger partial charge in [0.05, 0.1) is 0 Å². The molecule has 1 aliphatic heterocycles. The number of hydrogen-bond acceptors (Lipinski definition) is 4. The van der Waals surface area contributed by atoms with Crippen molar-refractivity contribution < 1.29 is 4.39 Å². The number of anilines is 1. The quantitative estimate of drug-likeness (QED) is 0.115. The molecule has 0 saturated carbocycles. The molecule has 0 bridgehead atoms. The molecule has 254 valence electrons. The van der Waals surface area contributed by atoms with Crippen LogP contribution in [0.3, 0.4) is 0 Å². The van der Waals surface area contributed by atoms with E-state index >= 15 is 0 Å². The van der Waals surface area contributed by atoms with E-state index in [1.54, 1.807) is 18.2 Å². The Hall–Kier alpha value is -2.53. The average molecular weight is 640 g/mol. The summed E-state index contributed by atoms with van der Waals surface area (Å²) < 4.78 is 12.8. The third-order valence-electron chi connectivity index (χ3n) is 7.56. The van der Waals surface area contributed by atoms with Crippen LogP contribution in [0.4, 0.5) is 10.2 Å². The van der Waals surface area contributed by atoms with E-state index in [0.29, 0.717) is 5.56 Å². The summed E-state index contributed by atoms with van der Waals surface area (Å²) in [5.41, 5.74) is 5.59. The zero-order valence-electron chi connectivity index (χ0n) is 30.2. The van der Waals surface area contributed by atoms with Crippen molar-refractivity contribution in [3.63, 3.8) is 0 Å². The van der Waals surface area contributed by atoms with Gasteiger partial charge in [0.2, 0.25) is 0 Å². The van der Waals surface area contributed by atoms with Crippen molar-refractivity contribution in [1.82, 2.24) is 9.88 Å². The molecule has 0 spiro atoms. The Bertz CT molecular complexity index is 1110. The lowest BCUT2D eigenvalue weighted by molar-refractivity contribution is 0.402. The van der Waals surface area contributed by atoms with Gasteiger partial charge >= 0.3 is 0 Å². The SMILES string of the molecule is C=C(C)CCN(C)C(=C)CCCCc1ccc2c(n1)NCCC2.C=Cc1ccccc1F.CC.CCCCC(C)(S)CC(C)C. The number of fused-ring (bicyclic) bond motifs is 1. The first kappa shape index (κ1) is 42.5. The van der Waals surface area contributed by atoms with Gasteiger partial charge < -0.3 is 10.2 Å². The van der Waals surface area contributed by atoms with E-state index in [1.807, 2.05) is 13.8 Å². The standard InChI is InChI=1S/C20H31N3.C10H22S.C8H7F.C2H6/c1-16(2)13-15-23(4)17(3)8-5-6-10-19-12-11-18-9-7-14-21-20(18)22-19;1-5-6-7-10(4,11)8-9(2)3;1-2-7-5-3-4-6-8(7)9;1-2/h11-12H,1,3,5-10,13-15H2,2,4H3,(H,21,22);9,11H,5-8H2,1-4H3;2-6H,1H2;1-2H3. The molecule has 45 heavy (non-hydrogen) atoms. The summed E-state index contributed by atoms with van der Waals surface area (Å²) in [6, 6.07) is 11.0. The van der Waals surface area contributed by atoms with E-state index in [4.69, 9.17) is 4.98 Å². The van der Waals surface area contributed by atoms with Crippen molar-refractivity contribution in [2.24, 2.45) is 5.92 Å². The largest absolute Gasteiger partial charge is 0.378 e. The zero-order valence-corrected chi connectivity index (χ0v) is 31.0. The van der Waals surface area contributed by atoms with Crippen LogP contribution in [0, 0.1) is 11.7 Å². The third-order valence-corrected chi connectivity index (χ3v) is 7.96. The van der Waals surface area contributed by atoms with Gasteiger partial charge in [-0.3, -0.25) is 0 Å². The Kier molecular flexibility index (Phi) is 23.3. The number of aryl methyl sites for hydroxylation is 2. The van der Waals surface area contributed by atoms with E-state index in [1.165, 1.54) is 79.6 Å². The first-order valence-electron chi connectivity index (χ1n) is 17.2. The molecule has 3 rings (SSSR count). The highest BCUT2D eigenvalue weighted by molar-refractivity contribution is 7.81. The maximum Gasteiger partial charge on any atom is 0.130 e. The topological polar surface area (TPSA) is 28.2 Å². The van der Waals surface area contributed by atoms with Gasteiger partial charge in [-0.25, -0.2) is 9.37 Å². The highest BCUT2D eigenvalue weighted by atomic mass is 32.1. The number of pyridine rings is 1. The molecule has 5 heteroatoms. The molecule has 3 nitrogen and oxygen atoms in total. The molecule has 0 radical (unpaired) electrons. The summed E-state index contributed by atoms with van der Waals surface area (Å²) in [5.74, 6) is 1.67. The van der Waals surface area contributed by atoms with Crippen LogP contribution in [0.1, 0.15) is 123 Å². The number of rotatable bonds is 15. The van der Waals surface area contributed by atoms with Gasteiger partial charge in [-0.1, -0.05) is 103 Å². The fraction of sp³-hybridized carbons (Fsp3) is 0.575. The van der Waals surface area contributed by atoms with Gasteiger partial charge in [-0.05, 0) is 88.3 Å². The van der Waals surface area contributed by atoms with E-state index in [0.717, 1.165) is 50.5 Å². The fourth-order valence-corrected chi connectivity index (χ4v) is 5.55. The number of halogens is 1. The van der Waals surface area contributed by atoms with Crippen LogP contribution in [0.2, 0.25) is 0 Å². The van der Waals surface area contributed by atoms with Gasteiger partial charge in [-0.15, -0.1) is 6.58 Å². The van der Waals surface area contributed by atoms with Crippen LogP contribution in [-0.2, 0) is 12.8 Å². The highest BCUT2D eigenvalue weighted by Crippen LogP contribution is 2.28. The fourth-order valence-electron chi connectivity index (χ4n) is 5.03. The third kappa shape index (κ3) is 20.3. The lowest BCUT2D eigenvalue weighted by Gasteiger charge is -2.25. The van der Waals surface area contributed by atoms with Crippen LogP contribution in [0.15, 0.2) is 67.4 Å². The Morgan fingerprint density at radius 3 is 2.38 bits per heavy atom. The van der Waals surface area contributed by atoms with Crippen molar-refractivity contribution in [2.75, 3.05) is 25.5 Å². The Morgan fingerprint density at radius 2 is 1.80 bits per heavy atom. The number of hydrogen-bond donors (Lipinski definition) is 2. The normalized spacial score (nSPS) is 12.8. The molecule has 0 amide bonds. The van der Waals surface area contributed by atoms with Gasteiger partial charge in [0, 0.05) is 41.8 Å². The summed E-state index contributed by atoms with van der Waals surface area (Å²) >= 11 is 4.66. The molecule has 1 atom stereocenters. The molecule has 0 saturated heterocycles. The first-order valence-corrected chi connectivity index (χ1v) is 17.7. The molecule has 1 unspecified atom stereocenters. The Balaban J connectivity index is 0.000000730. The number of aromatic nitrogens is 1. The molecule has 0 aliphatic carbocycles. The molecular weight excluding hydrogens is 574 g/mol. The molecule has 1 aliphatic rings. The Labute approximate surface area is 283 Å². The molecule has 0 fully saturated rings. The van der Waals surface area contributed by atoms with E-state index < -0.39 is 0 Å². The van der Waals surface area contributed by atoms with Crippen LogP contribution in [0.25, 0.3) is 6.08 Å². The lowest BCUT2D eigenvalue weighted by atomic mass is 9.93. The van der Waals surface area contributed by atoms with Crippen molar-refractivity contribution in [3.05, 3.63) is 90.0 Å². The Morgan fingerprint density at radius 1 is 1.11 bits per heavy atom. The van der Waals surface area contributed by atoms with Crippen molar-refractivity contribution in [3.8, 4) is 0 Å². The van der Waals surface area contributed by atoms with Crippen molar-refractivity contribution in [1.29, 1.82) is 0 Å². The number of allylic oxidation sites excluding steroid dienone is 1. The second kappa shape index (κ2) is 24.7. The summed E-state index contributed by atoms with van der Waals surface area (Å²) in [7, 11) is 2.13. The van der Waals surface area contributed by atoms with Crippen LogP contribution < -0.4 is 5.32 Å². The monoisotopic (exact) mass is 639 g/mol. The highest BCUT2D eigenvalue weighted by Gasteiger charge is 2.19. The smallest absolute Gasteiger partial charge is 0.130 e. The summed E-state index contributed by atoms with van der Waals surface area (Å²) in [6.45, 7) is 28.8. The number of nitrogens with zero attached hydrogens (tertiary/aromatic N) is 2. The lowest BCUT2D eigenvalue weighted by Crippen LogP contribution is -2.18. The number of thiol groups is 1. The number of nitrogens with one attached hydrogen (secondary N) is 1. The minimum absolute atomic E-state index is 0.215. The minimum atomic E-state index is -0.215.